The van der Waals surface area contributed by atoms with Crippen LogP contribution in [0.4, 0.5) is 4.79 Å². The molecular formula is C19H28N2O4. The van der Waals surface area contributed by atoms with Crippen LogP contribution in [0.15, 0.2) is 24.3 Å². The van der Waals surface area contributed by atoms with Crippen molar-refractivity contribution < 1.29 is 19.0 Å². The third-order valence-corrected chi connectivity index (χ3v) is 4.85. The number of carbonyl (C=O) groups excluding carboxylic acids is 1. The SMILES string of the molecule is CCOc1ccccc1CCNC(=O)N[C@H]1CCO[C@@]2(CCOC2)C1. The summed E-state index contributed by atoms with van der Waals surface area (Å²) in [4.78, 5) is 12.2. The van der Waals surface area contributed by atoms with Gasteiger partial charge in [-0.05, 0) is 37.8 Å². The predicted molar refractivity (Wildman–Crippen MR) is 95.0 cm³/mol. The summed E-state index contributed by atoms with van der Waals surface area (Å²) in [5.74, 6) is 0.889. The van der Waals surface area contributed by atoms with E-state index >= 15 is 0 Å². The number of rotatable bonds is 6. The van der Waals surface area contributed by atoms with Crippen LogP contribution in [0.1, 0.15) is 31.7 Å². The highest BCUT2D eigenvalue weighted by molar-refractivity contribution is 5.74. The second kappa shape index (κ2) is 8.54. The summed E-state index contributed by atoms with van der Waals surface area (Å²) >= 11 is 0. The van der Waals surface area contributed by atoms with E-state index < -0.39 is 0 Å². The van der Waals surface area contributed by atoms with Gasteiger partial charge < -0.3 is 24.8 Å². The van der Waals surface area contributed by atoms with Crippen molar-refractivity contribution in [2.75, 3.05) is 33.0 Å². The van der Waals surface area contributed by atoms with E-state index in [-0.39, 0.29) is 17.7 Å². The summed E-state index contributed by atoms with van der Waals surface area (Å²) < 4.78 is 17.0. The second-order valence-electron chi connectivity index (χ2n) is 6.71. The lowest BCUT2D eigenvalue weighted by Gasteiger charge is -2.37. The van der Waals surface area contributed by atoms with Gasteiger partial charge in [0.05, 0.1) is 18.8 Å². The topological polar surface area (TPSA) is 68.8 Å². The lowest BCUT2D eigenvalue weighted by Crippen LogP contribution is -2.51. The average Bonchev–Trinajstić information content (AvgIpc) is 3.04. The van der Waals surface area contributed by atoms with Gasteiger partial charge in [0, 0.05) is 32.2 Å². The summed E-state index contributed by atoms with van der Waals surface area (Å²) in [6.45, 7) is 5.25. The van der Waals surface area contributed by atoms with E-state index in [1.807, 2.05) is 31.2 Å². The number of ether oxygens (including phenoxy) is 3. The van der Waals surface area contributed by atoms with Gasteiger partial charge in [-0.1, -0.05) is 18.2 Å². The Hall–Kier alpha value is -1.79. The molecule has 25 heavy (non-hydrogen) atoms. The van der Waals surface area contributed by atoms with Gasteiger partial charge in [-0.15, -0.1) is 0 Å². The van der Waals surface area contributed by atoms with Crippen LogP contribution in [0, 0.1) is 0 Å². The number of benzene rings is 1. The Bertz CT molecular complexity index is 572. The van der Waals surface area contributed by atoms with Crippen molar-refractivity contribution in [3.63, 3.8) is 0 Å². The number of hydrogen-bond donors (Lipinski definition) is 2. The number of para-hydroxylation sites is 1. The Morgan fingerprint density at radius 2 is 2.24 bits per heavy atom. The zero-order valence-electron chi connectivity index (χ0n) is 14.9. The van der Waals surface area contributed by atoms with Crippen molar-refractivity contribution in [3.8, 4) is 5.75 Å². The van der Waals surface area contributed by atoms with Crippen LogP contribution in [-0.2, 0) is 15.9 Å². The zero-order valence-corrected chi connectivity index (χ0v) is 14.9. The fraction of sp³-hybridized carbons (Fsp3) is 0.632. The molecule has 1 spiro atoms. The number of nitrogens with one attached hydrogen (secondary N) is 2. The molecule has 0 saturated carbocycles. The lowest BCUT2D eigenvalue weighted by molar-refractivity contribution is -0.0878. The number of hydrogen-bond acceptors (Lipinski definition) is 4. The van der Waals surface area contributed by atoms with Crippen molar-refractivity contribution in [2.24, 2.45) is 0 Å². The van der Waals surface area contributed by atoms with Crippen LogP contribution >= 0.6 is 0 Å². The molecule has 0 aliphatic carbocycles. The highest BCUT2D eigenvalue weighted by atomic mass is 16.6. The Balaban J connectivity index is 1.42. The summed E-state index contributed by atoms with van der Waals surface area (Å²) in [7, 11) is 0. The van der Waals surface area contributed by atoms with E-state index in [0.717, 1.165) is 43.6 Å². The van der Waals surface area contributed by atoms with Gasteiger partial charge in [-0.3, -0.25) is 0 Å². The minimum absolute atomic E-state index is 0.116. The van der Waals surface area contributed by atoms with Crippen LogP contribution < -0.4 is 15.4 Å². The van der Waals surface area contributed by atoms with Crippen molar-refractivity contribution in [1.29, 1.82) is 0 Å². The molecule has 1 aromatic rings. The van der Waals surface area contributed by atoms with E-state index in [0.29, 0.717) is 26.4 Å². The third kappa shape index (κ3) is 4.86. The molecule has 0 bridgehead atoms. The van der Waals surface area contributed by atoms with Gasteiger partial charge in [-0.2, -0.15) is 0 Å². The molecule has 3 rings (SSSR count). The first-order valence-electron chi connectivity index (χ1n) is 9.17. The van der Waals surface area contributed by atoms with Gasteiger partial charge in [0.25, 0.3) is 0 Å². The Morgan fingerprint density at radius 3 is 3.04 bits per heavy atom. The van der Waals surface area contributed by atoms with Crippen molar-refractivity contribution in [2.45, 2.75) is 44.2 Å². The molecule has 0 radical (unpaired) electrons. The first-order valence-corrected chi connectivity index (χ1v) is 9.17. The van der Waals surface area contributed by atoms with Crippen molar-refractivity contribution >= 4 is 6.03 Å². The first-order chi connectivity index (χ1) is 12.2. The minimum atomic E-state index is -0.188. The minimum Gasteiger partial charge on any atom is -0.494 e. The van der Waals surface area contributed by atoms with Crippen LogP contribution in [0.25, 0.3) is 0 Å². The molecule has 2 amide bonds. The third-order valence-electron chi connectivity index (χ3n) is 4.85. The van der Waals surface area contributed by atoms with Crippen molar-refractivity contribution in [3.05, 3.63) is 29.8 Å². The molecule has 2 aliphatic rings. The molecule has 2 fully saturated rings. The van der Waals surface area contributed by atoms with Crippen molar-refractivity contribution in [1.82, 2.24) is 10.6 Å². The number of amides is 2. The maximum atomic E-state index is 12.2. The highest BCUT2D eigenvalue weighted by Crippen LogP contribution is 2.32. The van der Waals surface area contributed by atoms with E-state index in [1.165, 1.54) is 0 Å². The van der Waals surface area contributed by atoms with E-state index in [4.69, 9.17) is 14.2 Å². The quantitative estimate of drug-likeness (QED) is 0.827. The molecule has 1 aromatic carbocycles. The average molecular weight is 348 g/mol. The first kappa shape index (κ1) is 18.0. The molecular weight excluding hydrogens is 320 g/mol. The second-order valence-corrected chi connectivity index (χ2v) is 6.71. The number of carbonyl (C=O) groups is 1. The molecule has 138 valence electrons. The normalized spacial score (nSPS) is 25.7. The molecule has 2 atom stereocenters. The largest absolute Gasteiger partial charge is 0.494 e. The van der Waals surface area contributed by atoms with Crippen LogP contribution in [0.2, 0.25) is 0 Å². The fourth-order valence-corrected chi connectivity index (χ4v) is 3.57. The maximum absolute atomic E-state index is 12.2. The lowest BCUT2D eigenvalue weighted by atomic mass is 9.90. The molecule has 6 nitrogen and oxygen atoms in total. The molecule has 2 saturated heterocycles. The predicted octanol–water partition coefficient (Wildman–Crippen LogP) is 2.27. The Labute approximate surface area is 149 Å². The molecule has 0 unspecified atom stereocenters. The maximum Gasteiger partial charge on any atom is 0.315 e. The standard InChI is InChI=1S/C19H28N2O4/c1-2-24-17-6-4-3-5-15(17)7-10-20-18(22)21-16-8-11-25-19(13-16)9-12-23-14-19/h3-6,16H,2,7-14H2,1H3,(H2,20,21,22)/t16-,19-/m0/s1. The molecule has 2 aliphatic heterocycles. The number of urea groups is 1. The highest BCUT2D eigenvalue weighted by Gasteiger charge is 2.41. The molecule has 2 N–H and O–H groups in total. The zero-order chi connectivity index (χ0) is 17.5. The van der Waals surface area contributed by atoms with Gasteiger partial charge in [0.15, 0.2) is 0 Å². The fourth-order valence-electron chi connectivity index (χ4n) is 3.57. The smallest absolute Gasteiger partial charge is 0.315 e. The Morgan fingerprint density at radius 1 is 1.36 bits per heavy atom. The van der Waals surface area contributed by atoms with Gasteiger partial charge in [-0.25, -0.2) is 4.79 Å². The molecule has 6 heteroatoms. The van der Waals surface area contributed by atoms with E-state index in [2.05, 4.69) is 10.6 Å². The molecule has 0 aromatic heterocycles. The summed E-state index contributed by atoms with van der Waals surface area (Å²) in [5, 5.41) is 6.03. The van der Waals surface area contributed by atoms with Crippen LogP contribution in [-0.4, -0.2) is 50.6 Å². The summed E-state index contributed by atoms with van der Waals surface area (Å²) in [6.07, 6.45) is 3.34. The van der Waals surface area contributed by atoms with E-state index in [1.54, 1.807) is 0 Å². The molecule has 2 heterocycles. The Kier molecular flexibility index (Phi) is 6.15. The monoisotopic (exact) mass is 348 g/mol. The van der Waals surface area contributed by atoms with E-state index in [9.17, 15) is 4.79 Å². The summed E-state index contributed by atoms with van der Waals surface area (Å²) in [5.41, 5.74) is 0.921. The van der Waals surface area contributed by atoms with Crippen LogP contribution in [0.3, 0.4) is 0 Å². The van der Waals surface area contributed by atoms with Gasteiger partial charge in [0.1, 0.15) is 5.75 Å². The van der Waals surface area contributed by atoms with Gasteiger partial charge >= 0.3 is 6.03 Å². The van der Waals surface area contributed by atoms with Gasteiger partial charge in [0.2, 0.25) is 0 Å². The van der Waals surface area contributed by atoms with Crippen LogP contribution in [0.5, 0.6) is 5.75 Å². The summed E-state index contributed by atoms with van der Waals surface area (Å²) in [6, 6.07) is 7.98.